The molecule has 1 saturated heterocycles. The summed E-state index contributed by atoms with van der Waals surface area (Å²) >= 11 is 0. The molecule has 0 aliphatic carbocycles. The molecular weight excluding hydrogens is 395 g/mol. The highest BCUT2D eigenvalue weighted by atomic mass is 32.2. The van der Waals surface area contributed by atoms with Gasteiger partial charge in [0, 0.05) is 19.6 Å². The summed E-state index contributed by atoms with van der Waals surface area (Å²) in [5.74, 6) is -0.301. The van der Waals surface area contributed by atoms with Crippen LogP contribution in [0.5, 0.6) is 5.75 Å². The van der Waals surface area contributed by atoms with Crippen LogP contribution in [0.25, 0.3) is 0 Å². The van der Waals surface area contributed by atoms with Gasteiger partial charge in [0.15, 0.2) is 0 Å². The Kier molecular flexibility index (Phi) is 6.87. The SMILES string of the molecule is CCOc1ccc(CNC(=O)C2CCCN(S(=O)(=O)c3ccc(F)cc3)C2)cc1. The van der Waals surface area contributed by atoms with Crippen molar-refractivity contribution >= 4 is 15.9 Å². The molecule has 3 rings (SSSR count). The summed E-state index contributed by atoms with van der Waals surface area (Å²) in [5.41, 5.74) is 0.938. The molecule has 8 heteroatoms. The molecule has 0 spiro atoms. The predicted molar refractivity (Wildman–Crippen MR) is 107 cm³/mol. The number of sulfonamides is 1. The topological polar surface area (TPSA) is 75.7 Å². The first-order valence-corrected chi connectivity index (χ1v) is 11.1. The van der Waals surface area contributed by atoms with Crippen LogP contribution in [-0.4, -0.2) is 38.3 Å². The van der Waals surface area contributed by atoms with E-state index in [1.807, 2.05) is 31.2 Å². The summed E-state index contributed by atoms with van der Waals surface area (Å²) in [4.78, 5) is 12.6. The van der Waals surface area contributed by atoms with Gasteiger partial charge in [-0.2, -0.15) is 4.31 Å². The first-order valence-electron chi connectivity index (χ1n) is 9.65. The van der Waals surface area contributed by atoms with Gasteiger partial charge < -0.3 is 10.1 Å². The third-order valence-electron chi connectivity index (χ3n) is 4.91. The average Bonchev–Trinajstić information content (AvgIpc) is 2.73. The zero-order valence-electron chi connectivity index (χ0n) is 16.3. The lowest BCUT2D eigenvalue weighted by Gasteiger charge is -2.31. The Morgan fingerprint density at radius 3 is 2.52 bits per heavy atom. The quantitative estimate of drug-likeness (QED) is 0.747. The number of nitrogens with zero attached hydrogens (tertiary/aromatic N) is 1. The summed E-state index contributed by atoms with van der Waals surface area (Å²) in [6.07, 6.45) is 1.23. The van der Waals surface area contributed by atoms with E-state index in [-0.39, 0.29) is 17.3 Å². The lowest BCUT2D eigenvalue weighted by Crippen LogP contribution is -2.45. The van der Waals surface area contributed by atoms with Crippen molar-refractivity contribution in [3.05, 3.63) is 59.9 Å². The summed E-state index contributed by atoms with van der Waals surface area (Å²) in [5, 5.41) is 2.89. The summed E-state index contributed by atoms with van der Waals surface area (Å²) in [6, 6.07) is 12.2. The zero-order chi connectivity index (χ0) is 20.9. The Labute approximate surface area is 170 Å². The molecule has 1 atom stereocenters. The summed E-state index contributed by atoms with van der Waals surface area (Å²) in [7, 11) is -3.75. The van der Waals surface area contributed by atoms with Crippen molar-refractivity contribution in [1.29, 1.82) is 0 Å². The second-order valence-electron chi connectivity index (χ2n) is 6.95. The van der Waals surface area contributed by atoms with E-state index in [0.29, 0.717) is 32.5 Å². The first-order chi connectivity index (χ1) is 13.9. The minimum absolute atomic E-state index is 0.0364. The highest BCUT2D eigenvalue weighted by Gasteiger charge is 2.33. The molecular formula is C21H25FN2O4S. The molecule has 29 heavy (non-hydrogen) atoms. The van der Waals surface area contributed by atoms with Gasteiger partial charge in [0.25, 0.3) is 0 Å². The number of piperidine rings is 1. The average molecular weight is 421 g/mol. The number of rotatable bonds is 7. The van der Waals surface area contributed by atoms with Crippen LogP contribution in [0, 0.1) is 11.7 Å². The number of amides is 1. The summed E-state index contributed by atoms with van der Waals surface area (Å²) < 4.78 is 45.4. The number of halogens is 1. The number of benzene rings is 2. The highest BCUT2D eigenvalue weighted by Crippen LogP contribution is 2.24. The van der Waals surface area contributed by atoms with Crippen LogP contribution in [-0.2, 0) is 21.4 Å². The fraction of sp³-hybridized carbons (Fsp3) is 0.381. The molecule has 0 bridgehead atoms. The largest absolute Gasteiger partial charge is 0.494 e. The van der Waals surface area contributed by atoms with Crippen LogP contribution in [0.15, 0.2) is 53.4 Å². The number of carbonyl (C=O) groups excluding carboxylic acids is 1. The molecule has 1 aliphatic heterocycles. The molecule has 2 aromatic carbocycles. The van der Waals surface area contributed by atoms with Crippen LogP contribution < -0.4 is 10.1 Å². The molecule has 1 aliphatic rings. The van der Waals surface area contributed by atoms with Gasteiger partial charge in [-0.1, -0.05) is 12.1 Å². The number of ether oxygens (including phenoxy) is 1. The molecule has 6 nitrogen and oxygen atoms in total. The van der Waals surface area contributed by atoms with E-state index >= 15 is 0 Å². The highest BCUT2D eigenvalue weighted by molar-refractivity contribution is 7.89. The Morgan fingerprint density at radius 2 is 1.86 bits per heavy atom. The maximum atomic E-state index is 13.1. The smallest absolute Gasteiger partial charge is 0.243 e. The van der Waals surface area contributed by atoms with Crippen molar-refractivity contribution in [2.45, 2.75) is 31.2 Å². The monoisotopic (exact) mass is 420 g/mol. The molecule has 1 unspecified atom stereocenters. The first kappa shape index (κ1) is 21.3. The molecule has 1 N–H and O–H groups in total. The maximum absolute atomic E-state index is 13.1. The molecule has 156 valence electrons. The Morgan fingerprint density at radius 1 is 1.17 bits per heavy atom. The van der Waals surface area contributed by atoms with Gasteiger partial charge in [0.05, 0.1) is 17.4 Å². The van der Waals surface area contributed by atoms with Crippen molar-refractivity contribution < 1.29 is 22.3 Å². The number of carbonyl (C=O) groups is 1. The molecule has 1 heterocycles. The number of hydrogen-bond acceptors (Lipinski definition) is 4. The molecule has 2 aromatic rings. The van der Waals surface area contributed by atoms with Crippen molar-refractivity contribution in [2.24, 2.45) is 5.92 Å². The maximum Gasteiger partial charge on any atom is 0.243 e. The fourth-order valence-corrected chi connectivity index (χ4v) is 4.86. The minimum atomic E-state index is -3.75. The molecule has 1 fully saturated rings. The van der Waals surface area contributed by atoms with Crippen LogP contribution in [0.1, 0.15) is 25.3 Å². The van der Waals surface area contributed by atoms with Crippen LogP contribution >= 0.6 is 0 Å². The Bertz CT molecular complexity index is 930. The van der Waals surface area contributed by atoms with Crippen molar-refractivity contribution in [2.75, 3.05) is 19.7 Å². The van der Waals surface area contributed by atoms with E-state index in [1.165, 1.54) is 16.4 Å². The van der Waals surface area contributed by atoms with Crippen molar-refractivity contribution in [3.63, 3.8) is 0 Å². The number of hydrogen-bond donors (Lipinski definition) is 1. The lowest BCUT2D eigenvalue weighted by atomic mass is 9.99. The third-order valence-corrected chi connectivity index (χ3v) is 6.79. The second-order valence-corrected chi connectivity index (χ2v) is 8.89. The summed E-state index contributed by atoms with van der Waals surface area (Å²) in [6.45, 7) is 3.34. The van der Waals surface area contributed by atoms with Gasteiger partial charge >= 0.3 is 0 Å². The van der Waals surface area contributed by atoms with Crippen LogP contribution in [0.4, 0.5) is 4.39 Å². The Hall–Kier alpha value is -2.45. The zero-order valence-corrected chi connectivity index (χ0v) is 17.1. The van der Waals surface area contributed by atoms with Gasteiger partial charge in [-0.3, -0.25) is 4.79 Å². The standard InChI is InChI=1S/C21H25FN2O4S/c1-2-28-19-9-5-16(6-10-19)14-23-21(25)17-4-3-13-24(15-17)29(26,27)20-11-7-18(22)8-12-20/h5-12,17H,2-4,13-15H2,1H3,(H,23,25). The van der Waals surface area contributed by atoms with Crippen molar-refractivity contribution in [1.82, 2.24) is 9.62 Å². The normalized spacial score (nSPS) is 17.7. The van der Waals surface area contributed by atoms with E-state index in [4.69, 9.17) is 4.74 Å². The molecule has 0 saturated carbocycles. The molecule has 1 amide bonds. The van der Waals surface area contributed by atoms with Gasteiger partial charge in [-0.15, -0.1) is 0 Å². The molecule has 0 aromatic heterocycles. The fourth-order valence-electron chi connectivity index (χ4n) is 3.33. The van der Waals surface area contributed by atoms with E-state index < -0.39 is 21.8 Å². The van der Waals surface area contributed by atoms with E-state index in [9.17, 15) is 17.6 Å². The molecule has 0 radical (unpaired) electrons. The Balaban J connectivity index is 1.59. The van der Waals surface area contributed by atoms with Gasteiger partial charge in [-0.05, 0) is 61.7 Å². The van der Waals surface area contributed by atoms with Crippen LogP contribution in [0.2, 0.25) is 0 Å². The van der Waals surface area contributed by atoms with E-state index in [0.717, 1.165) is 23.4 Å². The van der Waals surface area contributed by atoms with Gasteiger partial charge in [0.2, 0.25) is 15.9 Å². The predicted octanol–water partition coefficient (Wildman–Crippen LogP) is 2.94. The second kappa shape index (κ2) is 9.37. The number of nitrogens with one attached hydrogen (secondary N) is 1. The van der Waals surface area contributed by atoms with E-state index in [2.05, 4.69) is 5.32 Å². The minimum Gasteiger partial charge on any atom is -0.494 e. The third kappa shape index (κ3) is 5.33. The van der Waals surface area contributed by atoms with Gasteiger partial charge in [0.1, 0.15) is 11.6 Å². The van der Waals surface area contributed by atoms with E-state index in [1.54, 1.807) is 0 Å². The van der Waals surface area contributed by atoms with Gasteiger partial charge in [-0.25, -0.2) is 12.8 Å². The lowest BCUT2D eigenvalue weighted by molar-refractivity contribution is -0.126. The van der Waals surface area contributed by atoms with Crippen LogP contribution in [0.3, 0.4) is 0 Å². The van der Waals surface area contributed by atoms with Crippen molar-refractivity contribution in [3.8, 4) is 5.75 Å².